The van der Waals surface area contributed by atoms with E-state index in [-0.39, 0.29) is 11.8 Å². The number of carbonyl (C=O) groups excluding carboxylic acids is 1. The van der Waals surface area contributed by atoms with Crippen molar-refractivity contribution in [3.63, 3.8) is 0 Å². The van der Waals surface area contributed by atoms with Crippen LogP contribution >= 0.6 is 0 Å². The Morgan fingerprint density at radius 1 is 1.07 bits per heavy atom. The lowest BCUT2D eigenvalue weighted by Crippen LogP contribution is -2.56. The molecule has 0 aromatic rings. The molecule has 4 saturated carbocycles. The van der Waals surface area contributed by atoms with E-state index in [0.29, 0.717) is 46.7 Å². The number of fused-ring (bicyclic) bond motifs is 5. The molecular formula is C24H38O3. The highest BCUT2D eigenvalue weighted by molar-refractivity contribution is 5.83. The van der Waals surface area contributed by atoms with Crippen LogP contribution in [0, 0.1) is 46.3 Å². The fraction of sp³-hybridized carbons (Fsp3) is 0.917. The Morgan fingerprint density at radius 2 is 1.81 bits per heavy atom. The van der Waals surface area contributed by atoms with E-state index in [4.69, 9.17) is 5.11 Å². The van der Waals surface area contributed by atoms with Crippen LogP contribution in [0.3, 0.4) is 0 Å². The molecule has 4 unspecified atom stereocenters. The second-order valence-electron chi connectivity index (χ2n) is 11.0. The number of ketones is 1. The Bertz CT molecular complexity index is 613. The average molecular weight is 375 g/mol. The maximum absolute atomic E-state index is 13.3. The molecule has 1 N–H and O–H groups in total. The molecule has 0 spiro atoms. The summed E-state index contributed by atoms with van der Waals surface area (Å²) in [4.78, 5) is 24.4. The van der Waals surface area contributed by atoms with Crippen LogP contribution in [0.15, 0.2) is 0 Å². The molecule has 27 heavy (non-hydrogen) atoms. The van der Waals surface area contributed by atoms with E-state index in [0.717, 1.165) is 12.8 Å². The zero-order valence-electron chi connectivity index (χ0n) is 17.5. The molecule has 0 aromatic heterocycles. The van der Waals surface area contributed by atoms with Gasteiger partial charge in [0, 0.05) is 18.8 Å². The van der Waals surface area contributed by atoms with Crippen LogP contribution < -0.4 is 0 Å². The zero-order valence-corrected chi connectivity index (χ0v) is 17.5. The van der Waals surface area contributed by atoms with Gasteiger partial charge in [0.05, 0.1) is 0 Å². The monoisotopic (exact) mass is 374 g/mol. The van der Waals surface area contributed by atoms with E-state index in [1.807, 2.05) is 0 Å². The number of carboxylic acid groups (broad SMARTS) is 1. The first kappa shape index (κ1) is 19.5. The molecule has 3 nitrogen and oxygen atoms in total. The number of hydrogen-bond donors (Lipinski definition) is 1. The number of rotatable bonds is 4. The van der Waals surface area contributed by atoms with Gasteiger partial charge in [-0.3, -0.25) is 9.59 Å². The van der Waals surface area contributed by atoms with Crippen molar-refractivity contribution in [3.05, 3.63) is 0 Å². The summed E-state index contributed by atoms with van der Waals surface area (Å²) in [6.45, 7) is 7.23. The lowest BCUT2D eigenvalue weighted by Gasteiger charge is -2.60. The second kappa shape index (κ2) is 6.88. The molecule has 4 fully saturated rings. The molecule has 0 amide bonds. The SMILES string of the molecule is C[C@H](CCC(=O)O)C1CCC2C3C(=O)C[C@@H]4CCCC[C@]4(C)C3CC[C@@]21C. The summed E-state index contributed by atoms with van der Waals surface area (Å²) >= 11 is 0. The van der Waals surface area contributed by atoms with Crippen molar-refractivity contribution in [1.82, 2.24) is 0 Å². The van der Waals surface area contributed by atoms with Crippen LogP contribution in [-0.4, -0.2) is 16.9 Å². The summed E-state index contributed by atoms with van der Waals surface area (Å²) in [6.07, 6.45) is 12.0. The fourth-order valence-corrected chi connectivity index (χ4v) is 8.49. The highest BCUT2D eigenvalue weighted by atomic mass is 16.4. The molecule has 8 atom stereocenters. The summed E-state index contributed by atoms with van der Waals surface area (Å²) in [5, 5.41) is 9.08. The minimum atomic E-state index is -0.677. The van der Waals surface area contributed by atoms with Crippen molar-refractivity contribution >= 4 is 11.8 Å². The Morgan fingerprint density at radius 3 is 2.56 bits per heavy atom. The van der Waals surface area contributed by atoms with Crippen molar-refractivity contribution in [2.24, 2.45) is 46.3 Å². The van der Waals surface area contributed by atoms with E-state index in [1.54, 1.807) is 0 Å². The molecule has 4 aliphatic rings. The zero-order chi connectivity index (χ0) is 19.4. The van der Waals surface area contributed by atoms with Crippen molar-refractivity contribution < 1.29 is 14.7 Å². The molecule has 0 radical (unpaired) electrons. The number of hydrogen-bond acceptors (Lipinski definition) is 2. The Kier molecular flexibility index (Phi) is 4.96. The second-order valence-corrected chi connectivity index (χ2v) is 11.0. The number of aliphatic carboxylic acids is 1. The molecule has 0 bridgehead atoms. The summed E-state index contributed by atoms with van der Waals surface area (Å²) < 4.78 is 0. The van der Waals surface area contributed by atoms with Gasteiger partial charge in [0.2, 0.25) is 0 Å². The van der Waals surface area contributed by atoms with Gasteiger partial charge in [-0.2, -0.15) is 0 Å². The molecule has 0 saturated heterocycles. The fourth-order valence-electron chi connectivity index (χ4n) is 8.49. The van der Waals surface area contributed by atoms with Crippen LogP contribution in [0.2, 0.25) is 0 Å². The third kappa shape index (κ3) is 2.99. The Labute approximate surface area is 164 Å². The predicted octanol–water partition coefficient (Wildman–Crippen LogP) is 5.72. The summed E-state index contributed by atoms with van der Waals surface area (Å²) in [6, 6.07) is 0. The van der Waals surface area contributed by atoms with Crippen LogP contribution in [0.25, 0.3) is 0 Å². The number of carbonyl (C=O) groups is 2. The maximum atomic E-state index is 13.3. The molecule has 152 valence electrons. The van der Waals surface area contributed by atoms with Crippen LogP contribution in [0.1, 0.15) is 91.4 Å². The molecule has 0 aromatic carbocycles. The lowest BCUT2D eigenvalue weighted by atomic mass is 9.44. The van der Waals surface area contributed by atoms with Gasteiger partial charge in [-0.05, 0) is 85.4 Å². The van der Waals surface area contributed by atoms with Crippen molar-refractivity contribution in [2.45, 2.75) is 91.4 Å². The van der Waals surface area contributed by atoms with Crippen LogP contribution in [0.5, 0.6) is 0 Å². The molecule has 3 heteroatoms. The van der Waals surface area contributed by atoms with Gasteiger partial charge in [-0.25, -0.2) is 0 Å². The molecular weight excluding hydrogens is 336 g/mol. The first-order valence-corrected chi connectivity index (χ1v) is 11.5. The first-order valence-electron chi connectivity index (χ1n) is 11.5. The summed E-state index contributed by atoms with van der Waals surface area (Å²) in [5.74, 6) is 3.02. The third-order valence-corrected chi connectivity index (χ3v) is 9.96. The minimum absolute atomic E-state index is 0.243. The summed E-state index contributed by atoms with van der Waals surface area (Å²) in [7, 11) is 0. The van der Waals surface area contributed by atoms with E-state index in [2.05, 4.69) is 20.8 Å². The van der Waals surface area contributed by atoms with Gasteiger partial charge in [0.1, 0.15) is 5.78 Å². The average Bonchev–Trinajstić information content (AvgIpc) is 2.97. The molecule has 0 heterocycles. The van der Waals surface area contributed by atoms with Gasteiger partial charge in [0.25, 0.3) is 0 Å². The maximum Gasteiger partial charge on any atom is 0.303 e. The number of Topliss-reactive ketones (excluding diaryl/α,β-unsaturated/α-hetero) is 1. The first-order chi connectivity index (χ1) is 12.8. The topological polar surface area (TPSA) is 54.4 Å². The van der Waals surface area contributed by atoms with Crippen molar-refractivity contribution in [3.8, 4) is 0 Å². The van der Waals surface area contributed by atoms with Crippen LogP contribution in [0.4, 0.5) is 0 Å². The summed E-state index contributed by atoms with van der Waals surface area (Å²) in [5.41, 5.74) is 0.637. The highest BCUT2D eigenvalue weighted by Crippen LogP contribution is 2.67. The highest BCUT2D eigenvalue weighted by Gasteiger charge is 2.62. The Hall–Kier alpha value is -0.860. The van der Waals surface area contributed by atoms with E-state index in [1.165, 1.54) is 51.4 Å². The lowest BCUT2D eigenvalue weighted by molar-refractivity contribution is -0.156. The quantitative estimate of drug-likeness (QED) is 0.685. The molecule has 4 rings (SSSR count). The van der Waals surface area contributed by atoms with Gasteiger partial charge in [0.15, 0.2) is 0 Å². The third-order valence-electron chi connectivity index (χ3n) is 9.96. The predicted molar refractivity (Wildman–Crippen MR) is 106 cm³/mol. The van der Waals surface area contributed by atoms with E-state index in [9.17, 15) is 9.59 Å². The van der Waals surface area contributed by atoms with Crippen molar-refractivity contribution in [1.29, 1.82) is 0 Å². The van der Waals surface area contributed by atoms with Crippen LogP contribution in [-0.2, 0) is 9.59 Å². The Balaban J connectivity index is 1.57. The number of carboxylic acids is 1. The molecule has 4 aliphatic carbocycles. The van der Waals surface area contributed by atoms with Crippen molar-refractivity contribution in [2.75, 3.05) is 0 Å². The van der Waals surface area contributed by atoms with Gasteiger partial charge in [-0.15, -0.1) is 0 Å². The van der Waals surface area contributed by atoms with E-state index < -0.39 is 5.97 Å². The normalized spacial score (nSPS) is 47.7. The van der Waals surface area contributed by atoms with Gasteiger partial charge in [-0.1, -0.05) is 33.6 Å². The smallest absolute Gasteiger partial charge is 0.303 e. The minimum Gasteiger partial charge on any atom is -0.481 e. The molecule has 0 aliphatic heterocycles. The van der Waals surface area contributed by atoms with E-state index >= 15 is 0 Å². The largest absolute Gasteiger partial charge is 0.481 e. The standard InChI is InChI=1S/C24H38O3/c1-15(7-10-21(26)27)17-8-9-18-22-19(11-13-24(17,18)3)23(2)12-5-4-6-16(23)14-20(22)25/h15-19,22H,4-14H2,1-3H3,(H,26,27)/t15-,16+,17?,18?,19?,22?,23+,24-/m1/s1. The van der Waals surface area contributed by atoms with Gasteiger partial charge < -0.3 is 5.11 Å². The van der Waals surface area contributed by atoms with Gasteiger partial charge >= 0.3 is 5.97 Å².